The van der Waals surface area contributed by atoms with Crippen molar-refractivity contribution in [1.82, 2.24) is 9.97 Å². The number of carbonyl (C=O) groups is 2. The highest BCUT2D eigenvalue weighted by Crippen LogP contribution is 2.36. The Morgan fingerprint density at radius 2 is 2.00 bits per heavy atom. The molecule has 0 unspecified atom stereocenters. The molecule has 0 saturated carbocycles. The van der Waals surface area contributed by atoms with E-state index < -0.39 is 5.91 Å². The van der Waals surface area contributed by atoms with Crippen LogP contribution in [0.25, 0.3) is 10.2 Å². The van der Waals surface area contributed by atoms with E-state index in [4.69, 9.17) is 16.5 Å². The first-order valence-electron chi connectivity index (χ1n) is 8.16. The molecule has 128 valence electrons. The number of unbranched alkanes of at least 4 members (excludes halogenated alkanes) is 1. The number of Topliss-reactive ketones (excluding diaryl/α,β-unsaturated/α-hetero) is 1. The molecule has 0 bridgehead atoms. The van der Waals surface area contributed by atoms with E-state index in [-0.39, 0.29) is 5.78 Å². The van der Waals surface area contributed by atoms with Crippen molar-refractivity contribution in [3.63, 3.8) is 0 Å². The second kappa shape index (κ2) is 6.72. The summed E-state index contributed by atoms with van der Waals surface area (Å²) >= 11 is 1.21. The molecule has 8 heteroatoms. The first-order chi connectivity index (χ1) is 11.5. The summed E-state index contributed by atoms with van der Waals surface area (Å²) in [4.78, 5) is 35.4. The highest BCUT2D eigenvalue weighted by atomic mass is 32.1. The van der Waals surface area contributed by atoms with Crippen LogP contribution in [0.3, 0.4) is 0 Å². The molecular weight excluding hydrogens is 326 g/mol. The molecule has 1 fully saturated rings. The van der Waals surface area contributed by atoms with Crippen molar-refractivity contribution in [2.45, 2.75) is 39.0 Å². The predicted molar refractivity (Wildman–Crippen MR) is 95.4 cm³/mol. The van der Waals surface area contributed by atoms with Crippen LogP contribution < -0.4 is 16.4 Å². The minimum absolute atomic E-state index is 0.273. The Kier molecular flexibility index (Phi) is 4.66. The summed E-state index contributed by atoms with van der Waals surface area (Å²) in [6, 6.07) is 0. The molecule has 4 N–H and O–H groups in total. The normalized spacial score (nSPS) is 15.2. The van der Waals surface area contributed by atoms with Crippen molar-refractivity contribution in [3.05, 3.63) is 10.6 Å². The number of nitrogens with zero attached hydrogens (tertiary/aromatic N) is 3. The molecule has 0 radical (unpaired) electrons. The van der Waals surface area contributed by atoms with Gasteiger partial charge in [0.1, 0.15) is 15.5 Å². The van der Waals surface area contributed by atoms with E-state index in [1.165, 1.54) is 11.3 Å². The maximum Gasteiger partial charge on any atom is 0.260 e. The Hall–Kier alpha value is -2.22. The van der Waals surface area contributed by atoms with Crippen LogP contribution in [0.1, 0.15) is 48.0 Å². The molecule has 0 aromatic carbocycles. The largest absolute Gasteiger partial charge is 0.397 e. The molecule has 3 rings (SSSR count). The second-order valence-corrected chi connectivity index (χ2v) is 6.99. The molecule has 3 heterocycles. The van der Waals surface area contributed by atoms with Gasteiger partial charge in [0, 0.05) is 25.9 Å². The van der Waals surface area contributed by atoms with Gasteiger partial charge < -0.3 is 16.4 Å². The van der Waals surface area contributed by atoms with Crippen molar-refractivity contribution in [2.24, 2.45) is 5.73 Å². The van der Waals surface area contributed by atoms with Gasteiger partial charge in [-0.15, -0.1) is 11.3 Å². The minimum atomic E-state index is -0.540. The fourth-order valence-electron chi connectivity index (χ4n) is 2.89. The Bertz CT molecular complexity index is 791. The molecule has 1 amide bonds. The van der Waals surface area contributed by atoms with Crippen LogP contribution in [0.5, 0.6) is 0 Å². The molecule has 0 aliphatic carbocycles. The van der Waals surface area contributed by atoms with Gasteiger partial charge in [0.05, 0.1) is 16.8 Å². The van der Waals surface area contributed by atoms with E-state index >= 15 is 0 Å². The number of amides is 1. The zero-order valence-electron chi connectivity index (χ0n) is 13.7. The lowest BCUT2D eigenvalue weighted by atomic mass is 10.1. The number of rotatable bonds is 5. The number of nitrogens with two attached hydrogens (primary N) is 2. The number of primary amides is 1. The maximum absolute atomic E-state index is 11.6. The molecule has 0 spiro atoms. The summed E-state index contributed by atoms with van der Waals surface area (Å²) < 4.78 is 0. The standard InChI is InChI=1S/C16H21N5O2S/c1-2-3-4-10-11-12(17)13(14(18)23)24-15(11)20-16(19-10)21-7-5-9(22)6-8-21/h2-8,17H2,1H3,(H2,18,23). The van der Waals surface area contributed by atoms with Crippen LogP contribution in [0, 0.1) is 0 Å². The van der Waals surface area contributed by atoms with E-state index in [2.05, 4.69) is 11.9 Å². The molecule has 0 atom stereocenters. The zero-order chi connectivity index (χ0) is 17.3. The third-order valence-electron chi connectivity index (χ3n) is 4.25. The smallest absolute Gasteiger partial charge is 0.260 e. The second-order valence-electron chi connectivity index (χ2n) is 5.99. The van der Waals surface area contributed by atoms with Gasteiger partial charge in [-0.1, -0.05) is 13.3 Å². The number of hydrogen-bond donors (Lipinski definition) is 2. The van der Waals surface area contributed by atoms with Crippen LogP contribution >= 0.6 is 11.3 Å². The quantitative estimate of drug-likeness (QED) is 0.853. The van der Waals surface area contributed by atoms with Crippen LogP contribution in [0.2, 0.25) is 0 Å². The zero-order valence-corrected chi connectivity index (χ0v) is 14.5. The first kappa shape index (κ1) is 16.6. The predicted octanol–water partition coefficient (Wildman–Crippen LogP) is 1.88. The summed E-state index contributed by atoms with van der Waals surface area (Å²) in [7, 11) is 0. The Balaban J connectivity index is 2.08. The lowest BCUT2D eigenvalue weighted by Crippen LogP contribution is -2.35. The SMILES string of the molecule is CCCCc1nc(N2CCC(=O)CC2)nc2sc(C(N)=O)c(N)c12. The fraction of sp³-hybridized carbons (Fsp3) is 0.500. The van der Waals surface area contributed by atoms with E-state index in [1.807, 2.05) is 4.90 Å². The highest BCUT2D eigenvalue weighted by Gasteiger charge is 2.23. The number of aromatic nitrogens is 2. The monoisotopic (exact) mass is 347 g/mol. The van der Waals surface area contributed by atoms with Gasteiger partial charge in [0.25, 0.3) is 5.91 Å². The van der Waals surface area contributed by atoms with E-state index in [9.17, 15) is 9.59 Å². The van der Waals surface area contributed by atoms with Gasteiger partial charge in [-0.3, -0.25) is 9.59 Å². The summed E-state index contributed by atoms with van der Waals surface area (Å²) in [5.74, 6) is 0.343. The number of thiophene rings is 1. The topological polar surface area (TPSA) is 115 Å². The van der Waals surface area contributed by atoms with Crippen LogP contribution in [-0.4, -0.2) is 34.7 Å². The Labute approximate surface area is 144 Å². The van der Waals surface area contributed by atoms with Gasteiger partial charge in [-0.05, 0) is 12.8 Å². The lowest BCUT2D eigenvalue weighted by Gasteiger charge is -2.26. The van der Waals surface area contributed by atoms with Crippen LogP contribution in [-0.2, 0) is 11.2 Å². The minimum Gasteiger partial charge on any atom is -0.397 e. The molecular formula is C16H21N5O2S. The van der Waals surface area contributed by atoms with E-state index in [1.54, 1.807) is 0 Å². The molecule has 7 nitrogen and oxygen atoms in total. The molecule has 24 heavy (non-hydrogen) atoms. The van der Waals surface area contributed by atoms with E-state index in [0.717, 1.165) is 30.3 Å². The molecule has 1 saturated heterocycles. The number of piperidine rings is 1. The van der Waals surface area contributed by atoms with Gasteiger partial charge in [-0.25, -0.2) is 9.97 Å². The molecule has 1 aliphatic heterocycles. The van der Waals surface area contributed by atoms with Crippen molar-refractivity contribution < 1.29 is 9.59 Å². The first-order valence-corrected chi connectivity index (χ1v) is 8.98. The summed E-state index contributed by atoms with van der Waals surface area (Å²) in [5.41, 5.74) is 12.8. The number of nitrogen functional groups attached to an aromatic ring is 1. The average Bonchev–Trinajstić information content (AvgIpc) is 2.90. The number of carbonyl (C=O) groups excluding carboxylic acids is 2. The Morgan fingerprint density at radius 1 is 1.29 bits per heavy atom. The van der Waals surface area contributed by atoms with Crippen molar-refractivity contribution in [2.75, 3.05) is 23.7 Å². The van der Waals surface area contributed by atoms with Crippen molar-refractivity contribution >= 4 is 44.9 Å². The number of aryl methyl sites for hydroxylation is 1. The summed E-state index contributed by atoms with van der Waals surface area (Å²) in [5, 5.41) is 0.749. The van der Waals surface area contributed by atoms with Crippen LogP contribution in [0.15, 0.2) is 0 Å². The lowest BCUT2D eigenvalue weighted by molar-refractivity contribution is -0.119. The average molecular weight is 347 g/mol. The number of fused-ring (bicyclic) bond motifs is 1. The molecule has 1 aliphatic rings. The highest BCUT2D eigenvalue weighted by molar-refractivity contribution is 7.21. The van der Waals surface area contributed by atoms with Gasteiger partial charge >= 0.3 is 0 Å². The van der Waals surface area contributed by atoms with Crippen LogP contribution in [0.4, 0.5) is 11.6 Å². The Morgan fingerprint density at radius 3 is 2.62 bits per heavy atom. The summed E-state index contributed by atoms with van der Waals surface area (Å²) in [6.07, 6.45) is 3.82. The van der Waals surface area contributed by atoms with Gasteiger partial charge in [-0.2, -0.15) is 0 Å². The molecule has 2 aromatic rings. The van der Waals surface area contributed by atoms with Crippen molar-refractivity contribution in [1.29, 1.82) is 0 Å². The van der Waals surface area contributed by atoms with Crippen molar-refractivity contribution in [3.8, 4) is 0 Å². The summed E-state index contributed by atoms with van der Waals surface area (Å²) in [6.45, 7) is 3.36. The van der Waals surface area contributed by atoms with Gasteiger partial charge in [0.15, 0.2) is 0 Å². The number of ketones is 1. The van der Waals surface area contributed by atoms with E-state index in [0.29, 0.717) is 47.3 Å². The maximum atomic E-state index is 11.6. The number of hydrogen-bond acceptors (Lipinski definition) is 7. The van der Waals surface area contributed by atoms with Gasteiger partial charge in [0.2, 0.25) is 5.95 Å². The third kappa shape index (κ3) is 3.06. The third-order valence-corrected chi connectivity index (χ3v) is 5.36. The number of anilines is 2. The fourth-order valence-corrected chi connectivity index (χ4v) is 3.85. The molecule has 2 aromatic heterocycles.